The number of aromatic nitrogens is 2. The lowest BCUT2D eigenvalue weighted by molar-refractivity contribution is -0.116. The fourth-order valence-corrected chi connectivity index (χ4v) is 1.85. The van der Waals surface area contributed by atoms with Gasteiger partial charge >= 0.3 is 0 Å². The van der Waals surface area contributed by atoms with Crippen molar-refractivity contribution in [2.24, 2.45) is 7.05 Å². The molecule has 2 rings (SSSR count). The maximum Gasteiger partial charge on any atom is 0.226 e. The smallest absolute Gasteiger partial charge is 0.226 e. The van der Waals surface area contributed by atoms with Crippen molar-refractivity contribution in [1.29, 1.82) is 0 Å². The summed E-state index contributed by atoms with van der Waals surface area (Å²) < 4.78 is 1.66. The zero-order valence-corrected chi connectivity index (χ0v) is 10.6. The lowest BCUT2D eigenvalue weighted by Crippen LogP contribution is -2.14. The maximum absolute atomic E-state index is 11.8. The van der Waals surface area contributed by atoms with Crippen LogP contribution in [0.2, 0.25) is 0 Å². The molecule has 2 aromatic rings. The Kier molecular flexibility index (Phi) is 3.77. The molecule has 0 aliphatic carbocycles. The van der Waals surface area contributed by atoms with E-state index in [9.17, 15) is 4.79 Å². The highest BCUT2D eigenvalue weighted by atomic mass is 16.1. The van der Waals surface area contributed by atoms with E-state index >= 15 is 0 Å². The Labute approximate surface area is 107 Å². The van der Waals surface area contributed by atoms with Gasteiger partial charge in [-0.25, -0.2) is 0 Å². The fourth-order valence-electron chi connectivity index (χ4n) is 1.85. The van der Waals surface area contributed by atoms with E-state index in [-0.39, 0.29) is 11.8 Å². The molecule has 1 atom stereocenters. The molecule has 4 nitrogen and oxygen atoms in total. The summed E-state index contributed by atoms with van der Waals surface area (Å²) >= 11 is 0. The lowest BCUT2D eigenvalue weighted by Gasteiger charge is -2.10. The van der Waals surface area contributed by atoms with Crippen molar-refractivity contribution >= 4 is 11.7 Å². The van der Waals surface area contributed by atoms with Gasteiger partial charge in [0.2, 0.25) is 5.91 Å². The van der Waals surface area contributed by atoms with Gasteiger partial charge in [-0.3, -0.25) is 9.48 Å². The van der Waals surface area contributed by atoms with Crippen LogP contribution in [0.25, 0.3) is 0 Å². The van der Waals surface area contributed by atoms with Crippen molar-refractivity contribution in [2.45, 2.75) is 19.3 Å². The summed E-state index contributed by atoms with van der Waals surface area (Å²) in [5.74, 6) is 0.794. The molecule has 4 heteroatoms. The Bertz CT molecular complexity index is 519. The molecule has 1 aromatic carbocycles. The lowest BCUT2D eigenvalue weighted by atomic mass is 9.98. The molecule has 0 aliphatic heterocycles. The monoisotopic (exact) mass is 243 g/mol. The van der Waals surface area contributed by atoms with Gasteiger partial charge < -0.3 is 5.32 Å². The zero-order chi connectivity index (χ0) is 13.0. The number of carbonyl (C=O) groups is 1. The Balaban J connectivity index is 1.92. The van der Waals surface area contributed by atoms with E-state index < -0.39 is 0 Å². The predicted molar refractivity (Wildman–Crippen MR) is 71.3 cm³/mol. The number of carbonyl (C=O) groups excluding carboxylic acids is 1. The molecule has 1 aromatic heterocycles. The summed E-state index contributed by atoms with van der Waals surface area (Å²) in [5, 5.41) is 6.91. The standard InChI is InChI=1S/C14H17N3O/c1-11(12-6-4-3-5-7-12)10-14(18)15-13-8-9-17(2)16-13/h3-9,11H,10H2,1-2H3,(H,15,16,18)/t11-/m0/s1. The average Bonchev–Trinajstić information content (AvgIpc) is 2.75. The van der Waals surface area contributed by atoms with E-state index in [2.05, 4.69) is 10.4 Å². The van der Waals surface area contributed by atoms with Crippen LogP contribution < -0.4 is 5.32 Å². The molecule has 0 radical (unpaired) electrons. The third-order valence-corrected chi connectivity index (χ3v) is 2.84. The molecule has 0 fully saturated rings. The van der Waals surface area contributed by atoms with Crippen LogP contribution in [0.4, 0.5) is 5.82 Å². The molecule has 18 heavy (non-hydrogen) atoms. The number of rotatable bonds is 4. The summed E-state index contributed by atoms with van der Waals surface area (Å²) in [7, 11) is 1.82. The molecule has 94 valence electrons. The summed E-state index contributed by atoms with van der Waals surface area (Å²) in [6.45, 7) is 2.05. The first kappa shape index (κ1) is 12.4. The van der Waals surface area contributed by atoms with Crippen molar-refractivity contribution < 1.29 is 4.79 Å². The number of benzene rings is 1. The predicted octanol–water partition coefficient (Wildman–Crippen LogP) is 2.55. The molecule has 0 saturated carbocycles. The first-order valence-electron chi connectivity index (χ1n) is 5.99. The number of anilines is 1. The van der Waals surface area contributed by atoms with Gasteiger partial charge in [-0.2, -0.15) is 5.10 Å². The van der Waals surface area contributed by atoms with Crippen molar-refractivity contribution in [1.82, 2.24) is 9.78 Å². The van der Waals surface area contributed by atoms with Gasteiger partial charge in [-0.1, -0.05) is 37.3 Å². The molecule has 0 aliphatic rings. The van der Waals surface area contributed by atoms with Crippen LogP contribution in [-0.4, -0.2) is 15.7 Å². The molecule has 0 spiro atoms. The van der Waals surface area contributed by atoms with Crippen LogP contribution in [0.1, 0.15) is 24.8 Å². The van der Waals surface area contributed by atoms with Gasteiger partial charge in [-0.15, -0.1) is 0 Å². The van der Waals surface area contributed by atoms with Crippen LogP contribution >= 0.6 is 0 Å². The number of aryl methyl sites for hydroxylation is 1. The molecular weight excluding hydrogens is 226 g/mol. The van der Waals surface area contributed by atoms with E-state index in [0.717, 1.165) is 0 Å². The van der Waals surface area contributed by atoms with Crippen molar-refractivity contribution in [3.05, 3.63) is 48.2 Å². The number of nitrogens with zero attached hydrogens (tertiary/aromatic N) is 2. The Hall–Kier alpha value is -2.10. The quantitative estimate of drug-likeness (QED) is 0.897. The summed E-state index contributed by atoms with van der Waals surface area (Å²) in [5.41, 5.74) is 1.17. The fraction of sp³-hybridized carbons (Fsp3) is 0.286. The van der Waals surface area contributed by atoms with E-state index in [1.165, 1.54) is 5.56 Å². The number of hydrogen-bond donors (Lipinski definition) is 1. The number of nitrogens with one attached hydrogen (secondary N) is 1. The van der Waals surface area contributed by atoms with E-state index in [1.54, 1.807) is 16.9 Å². The van der Waals surface area contributed by atoms with Crippen LogP contribution in [0.3, 0.4) is 0 Å². The molecular formula is C14H17N3O. The van der Waals surface area contributed by atoms with Gasteiger partial charge in [0.25, 0.3) is 0 Å². The second-order valence-electron chi connectivity index (χ2n) is 4.44. The summed E-state index contributed by atoms with van der Waals surface area (Å²) in [4.78, 5) is 11.8. The normalized spacial score (nSPS) is 12.1. The molecule has 1 heterocycles. The van der Waals surface area contributed by atoms with Crippen molar-refractivity contribution in [3.8, 4) is 0 Å². The highest BCUT2D eigenvalue weighted by molar-refractivity contribution is 5.90. The molecule has 0 unspecified atom stereocenters. The van der Waals surface area contributed by atoms with E-state index in [4.69, 9.17) is 0 Å². The Morgan fingerprint density at radius 1 is 1.33 bits per heavy atom. The first-order chi connectivity index (χ1) is 8.65. The Morgan fingerprint density at radius 2 is 2.06 bits per heavy atom. The van der Waals surface area contributed by atoms with Crippen molar-refractivity contribution in [2.75, 3.05) is 5.32 Å². The van der Waals surface area contributed by atoms with Crippen LogP contribution in [0.15, 0.2) is 42.6 Å². The summed E-state index contributed by atoms with van der Waals surface area (Å²) in [6.07, 6.45) is 2.26. The molecule has 0 saturated heterocycles. The largest absolute Gasteiger partial charge is 0.309 e. The third-order valence-electron chi connectivity index (χ3n) is 2.84. The number of amides is 1. The van der Waals surface area contributed by atoms with Crippen LogP contribution in [-0.2, 0) is 11.8 Å². The van der Waals surface area contributed by atoms with Gasteiger partial charge in [0.1, 0.15) is 0 Å². The van der Waals surface area contributed by atoms with E-state index in [0.29, 0.717) is 12.2 Å². The molecule has 1 N–H and O–H groups in total. The van der Waals surface area contributed by atoms with Gasteiger partial charge in [0.15, 0.2) is 5.82 Å². The average molecular weight is 243 g/mol. The second kappa shape index (κ2) is 5.49. The highest BCUT2D eigenvalue weighted by Crippen LogP contribution is 2.18. The first-order valence-corrected chi connectivity index (χ1v) is 5.99. The topological polar surface area (TPSA) is 46.9 Å². The molecule has 0 bridgehead atoms. The Morgan fingerprint density at radius 3 is 2.67 bits per heavy atom. The minimum Gasteiger partial charge on any atom is -0.309 e. The second-order valence-corrected chi connectivity index (χ2v) is 4.44. The summed E-state index contributed by atoms with van der Waals surface area (Å²) in [6, 6.07) is 11.8. The maximum atomic E-state index is 11.8. The molecule has 1 amide bonds. The SMILES string of the molecule is C[C@@H](CC(=O)Nc1ccn(C)n1)c1ccccc1. The van der Waals surface area contributed by atoms with Crippen LogP contribution in [0, 0.1) is 0 Å². The minimum atomic E-state index is -0.00921. The van der Waals surface area contributed by atoms with Gasteiger partial charge in [0, 0.05) is 25.7 Å². The van der Waals surface area contributed by atoms with Gasteiger partial charge in [-0.05, 0) is 11.5 Å². The third kappa shape index (κ3) is 3.20. The highest BCUT2D eigenvalue weighted by Gasteiger charge is 2.11. The van der Waals surface area contributed by atoms with E-state index in [1.807, 2.05) is 44.3 Å². The minimum absolute atomic E-state index is 0.00921. The van der Waals surface area contributed by atoms with Gasteiger partial charge in [0.05, 0.1) is 0 Å². The van der Waals surface area contributed by atoms with Crippen molar-refractivity contribution in [3.63, 3.8) is 0 Å². The zero-order valence-electron chi connectivity index (χ0n) is 10.6. The number of hydrogen-bond acceptors (Lipinski definition) is 2. The van der Waals surface area contributed by atoms with Crippen LogP contribution in [0.5, 0.6) is 0 Å².